The summed E-state index contributed by atoms with van der Waals surface area (Å²) in [4.78, 5) is 22.9. The van der Waals surface area contributed by atoms with Gasteiger partial charge in [0.05, 0.1) is 34.4 Å². The van der Waals surface area contributed by atoms with Gasteiger partial charge in [-0.25, -0.2) is 4.57 Å². The Hall–Kier alpha value is -1.02. The highest BCUT2D eigenvalue weighted by molar-refractivity contribution is 7.47. The average molecular weight is 773 g/mol. The van der Waals surface area contributed by atoms with Gasteiger partial charge in [-0.1, -0.05) is 167 Å². The highest BCUT2D eigenvalue weighted by Crippen LogP contribution is 2.43. The summed E-state index contributed by atoms with van der Waals surface area (Å²) in [5, 5.41) is 0. The number of ether oxygens (including phenoxy) is 2. The normalized spacial score (nSPS) is 14.0. The van der Waals surface area contributed by atoms with Crippen molar-refractivity contribution >= 4 is 13.8 Å². The lowest BCUT2D eigenvalue weighted by atomic mass is 10.0. The minimum absolute atomic E-state index is 0.0888. The number of likely N-dealkylation sites (N-methyl/N-ethyl adjacent to an activating group) is 1. The maximum atomic E-state index is 12.7. The van der Waals surface area contributed by atoms with Crippen molar-refractivity contribution < 1.29 is 37.3 Å². The van der Waals surface area contributed by atoms with Crippen LogP contribution in [0, 0.1) is 0 Å². The fourth-order valence-electron chi connectivity index (χ4n) is 6.05. The zero-order valence-electron chi connectivity index (χ0n) is 35.5. The van der Waals surface area contributed by atoms with Crippen LogP contribution in [0.3, 0.4) is 0 Å². The molecule has 0 spiro atoms. The molecule has 314 valence electrons. The molecule has 0 aromatic rings. The van der Waals surface area contributed by atoms with Gasteiger partial charge in [-0.2, -0.15) is 0 Å². The zero-order chi connectivity index (χ0) is 39.1. The topological polar surface area (TPSA) is 91.3 Å². The van der Waals surface area contributed by atoms with Crippen molar-refractivity contribution in [3.05, 3.63) is 24.3 Å². The number of rotatable bonds is 41. The van der Waals surface area contributed by atoms with Crippen molar-refractivity contribution in [3.63, 3.8) is 0 Å². The third-order valence-corrected chi connectivity index (χ3v) is 10.5. The van der Waals surface area contributed by atoms with Crippen LogP contribution in [0.25, 0.3) is 0 Å². The second-order valence-electron chi connectivity index (χ2n) is 16.1. The molecule has 53 heavy (non-hydrogen) atoms. The van der Waals surface area contributed by atoms with E-state index in [4.69, 9.17) is 18.5 Å². The maximum Gasteiger partial charge on any atom is 0.472 e. The van der Waals surface area contributed by atoms with Gasteiger partial charge in [0.25, 0.3) is 0 Å². The van der Waals surface area contributed by atoms with Crippen LogP contribution in [0.15, 0.2) is 24.3 Å². The fraction of sp³-hybridized carbons (Fsp3) is 0.886. The molecule has 0 heterocycles. The molecule has 0 amide bonds. The van der Waals surface area contributed by atoms with Gasteiger partial charge < -0.3 is 18.9 Å². The second-order valence-corrected chi connectivity index (χ2v) is 17.5. The summed E-state index contributed by atoms with van der Waals surface area (Å²) in [6, 6.07) is 0. The molecule has 0 aromatic heterocycles. The largest absolute Gasteiger partial charge is 0.472 e. The lowest BCUT2D eigenvalue weighted by Gasteiger charge is -2.24. The Kier molecular flexibility index (Phi) is 37.2. The molecule has 0 aliphatic heterocycles. The van der Waals surface area contributed by atoms with Crippen LogP contribution in [-0.2, 0) is 27.9 Å². The number of allylic oxidation sites excluding steroid dienone is 4. The van der Waals surface area contributed by atoms with Gasteiger partial charge in [-0.05, 0) is 44.9 Å². The molecule has 0 radical (unpaired) electrons. The molecule has 2 atom stereocenters. The molecular formula is C44H87NO7P+. The molecular weight excluding hydrogens is 685 g/mol. The standard InChI is InChI=1S/C44H86NO7P/c1-6-8-10-12-14-16-18-20-22-23-24-25-27-29-31-33-35-37-44(46)52-43(42-51-53(47,48)50-40-38-45(3,4)5)41-49-39-36-34-32-30-28-26-21-19-17-15-13-11-9-7-2/h14,16,20,22,43H,6-13,15,17-19,21,23-42H2,1-5H3/p+1/b16-14-,22-20-. The minimum atomic E-state index is -4.27. The summed E-state index contributed by atoms with van der Waals surface area (Å²) in [6.45, 7) is 5.61. The Bertz CT molecular complexity index is 905. The van der Waals surface area contributed by atoms with E-state index in [1.165, 1.54) is 128 Å². The summed E-state index contributed by atoms with van der Waals surface area (Å²) in [5.74, 6) is -0.319. The van der Waals surface area contributed by atoms with Crippen LogP contribution < -0.4 is 0 Å². The van der Waals surface area contributed by atoms with Gasteiger partial charge in [-0.15, -0.1) is 0 Å². The quantitative estimate of drug-likeness (QED) is 0.0217. The maximum absolute atomic E-state index is 12.7. The van der Waals surface area contributed by atoms with E-state index in [9.17, 15) is 14.3 Å². The van der Waals surface area contributed by atoms with Crippen LogP contribution in [-0.4, -0.2) is 75.6 Å². The van der Waals surface area contributed by atoms with Crippen LogP contribution in [0.2, 0.25) is 0 Å². The minimum Gasteiger partial charge on any atom is -0.457 e. The van der Waals surface area contributed by atoms with Crippen LogP contribution in [0.4, 0.5) is 0 Å². The summed E-state index contributed by atoms with van der Waals surface area (Å²) in [7, 11) is 1.67. The van der Waals surface area contributed by atoms with Gasteiger partial charge >= 0.3 is 13.8 Å². The van der Waals surface area contributed by atoms with E-state index in [0.29, 0.717) is 24.1 Å². The van der Waals surface area contributed by atoms with E-state index in [-0.39, 0.29) is 25.8 Å². The second kappa shape index (κ2) is 37.9. The number of esters is 1. The van der Waals surface area contributed by atoms with Gasteiger partial charge in [0.1, 0.15) is 19.3 Å². The van der Waals surface area contributed by atoms with Crippen molar-refractivity contribution in [1.82, 2.24) is 0 Å². The van der Waals surface area contributed by atoms with Gasteiger partial charge in [0, 0.05) is 13.0 Å². The van der Waals surface area contributed by atoms with E-state index in [0.717, 1.165) is 44.9 Å². The van der Waals surface area contributed by atoms with Gasteiger partial charge in [0.2, 0.25) is 0 Å². The molecule has 1 N–H and O–H groups in total. The number of hydrogen-bond acceptors (Lipinski definition) is 6. The van der Waals surface area contributed by atoms with E-state index in [1.807, 2.05) is 21.1 Å². The number of carbonyl (C=O) groups excluding carboxylic acids is 1. The number of carbonyl (C=O) groups is 1. The molecule has 0 rings (SSSR count). The molecule has 0 saturated carbocycles. The first kappa shape index (κ1) is 52.0. The first-order valence-electron chi connectivity index (χ1n) is 22.1. The van der Waals surface area contributed by atoms with Crippen LogP contribution in [0.5, 0.6) is 0 Å². The Morgan fingerprint density at radius 2 is 1.04 bits per heavy atom. The Morgan fingerprint density at radius 1 is 0.585 bits per heavy atom. The first-order chi connectivity index (χ1) is 25.6. The summed E-state index contributed by atoms with van der Waals surface area (Å²) in [6.07, 6.45) is 42.0. The zero-order valence-corrected chi connectivity index (χ0v) is 36.4. The highest BCUT2D eigenvalue weighted by Gasteiger charge is 2.26. The van der Waals surface area contributed by atoms with E-state index < -0.39 is 13.9 Å². The molecule has 0 saturated heterocycles. The predicted octanol–water partition coefficient (Wildman–Crippen LogP) is 12.8. The molecule has 0 aliphatic rings. The SMILES string of the molecule is CCCCC/C=C\C/C=C\CCCCCCCCCC(=O)OC(COCCCCCCCCCCCCCCCC)COP(=O)(O)OCC[N+](C)(C)C. The van der Waals surface area contributed by atoms with E-state index in [1.54, 1.807) is 0 Å². The van der Waals surface area contributed by atoms with Crippen LogP contribution in [0.1, 0.15) is 194 Å². The lowest BCUT2D eigenvalue weighted by Crippen LogP contribution is -2.37. The van der Waals surface area contributed by atoms with Gasteiger partial charge in [0.15, 0.2) is 0 Å². The van der Waals surface area contributed by atoms with Crippen molar-refractivity contribution in [2.75, 3.05) is 54.1 Å². The number of nitrogens with zero attached hydrogens (tertiary/aromatic N) is 1. The van der Waals surface area contributed by atoms with Crippen molar-refractivity contribution in [2.45, 2.75) is 200 Å². The van der Waals surface area contributed by atoms with E-state index >= 15 is 0 Å². The van der Waals surface area contributed by atoms with Crippen molar-refractivity contribution in [1.29, 1.82) is 0 Å². The third kappa shape index (κ3) is 42.0. The Balaban J connectivity index is 4.23. The molecule has 8 nitrogen and oxygen atoms in total. The number of quaternary nitrogens is 1. The Labute approximate surface area is 328 Å². The average Bonchev–Trinajstić information content (AvgIpc) is 3.11. The fourth-order valence-corrected chi connectivity index (χ4v) is 6.79. The summed E-state index contributed by atoms with van der Waals surface area (Å²) >= 11 is 0. The number of unbranched alkanes of at least 4 members (excludes halogenated alkanes) is 23. The number of phosphoric ester groups is 1. The lowest BCUT2D eigenvalue weighted by molar-refractivity contribution is -0.870. The highest BCUT2D eigenvalue weighted by atomic mass is 31.2. The van der Waals surface area contributed by atoms with Gasteiger partial charge in [-0.3, -0.25) is 13.8 Å². The van der Waals surface area contributed by atoms with E-state index in [2.05, 4.69) is 38.2 Å². The van der Waals surface area contributed by atoms with Crippen molar-refractivity contribution in [2.24, 2.45) is 0 Å². The summed E-state index contributed by atoms with van der Waals surface area (Å²) in [5.41, 5.74) is 0. The smallest absolute Gasteiger partial charge is 0.457 e. The number of hydrogen-bond donors (Lipinski definition) is 1. The number of phosphoric acid groups is 1. The molecule has 2 unspecified atom stereocenters. The molecule has 0 bridgehead atoms. The Morgan fingerprint density at radius 3 is 1.57 bits per heavy atom. The monoisotopic (exact) mass is 773 g/mol. The molecule has 0 fully saturated rings. The third-order valence-electron chi connectivity index (χ3n) is 9.52. The molecule has 0 aliphatic carbocycles. The van der Waals surface area contributed by atoms with Crippen LogP contribution >= 0.6 is 7.82 Å². The van der Waals surface area contributed by atoms with Crippen molar-refractivity contribution in [3.8, 4) is 0 Å². The summed E-state index contributed by atoms with van der Waals surface area (Å²) < 4.78 is 35.0. The molecule has 9 heteroatoms. The first-order valence-corrected chi connectivity index (χ1v) is 23.6. The predicted molar refractivity (Wildman–Crippen MR) is 224 cm³/mol. The molecule has 0 aromatic carbocycles.